The molecule has 1 amide bonds. The Morgan fingerprint density at radius 1 is 1.17 bits per heavy atom. The Morgan fingerprint density at radius 2 is 1.86 bits per heavy atom. The lowest BCUT2D eigenvalue weighted by atomic mass is 9.54. The van der Waals surface area contributed by atoms with Crippen LogP contribution >= 0.6 is 0 Å². The summed E-state index contributed by atoms with van der Waals surface area (Å²) in [6, 6.07) is -0.0840. The number of allylic oxidation sites excluding steroid dienone is 4. The van der Waals surface area contributed by atoms with Crippen molar-refractivity contribution < 1.29 is 19.5 Å². The smallest absolute Gasteiger partial charge is 0.235 e. The van der Waals surface area contributed by atoms with Gasteiger partial charge < -0.3 is 10.4 Å². The molecule has 1 aliphatic heterocycles. The van der Waals surface area contributed by atoms with E-state index in [4.69, 9.17) is 0 Å². The summed E-state index contributed by atoms with van der Waals surface area (Å²) in [4.78, 5) is 39.5. The molecule has 0 unspecified atom stereocenters. The van der Waals surface area contributed by atoms with Gasteiger partial charge in [-0.1, -0.05) is 44.1 Å². The maximum Gasteiger partial charge on any atom is 0.235 e. The number of nitrogens with one attached hydrogen (secondary N) is 1. The fourth-order valence-electron chi connectivity index (χ4n) is 5.76. The highest BCUT2D eigenvalue weighted by molar-refractivity contribution is 6.10. The highest BCUT2D eigenvalue weighted by Gasteiger charge is 2.65. The number of carbonyl (C=O) groups is 3. The SMILES string of the molecule is CC1=C[C@@H]2C=C(C)[C@@H](C)[C@H]3[C@H](CC(C)C)NC(=O)[C@@]23C(=O)C[C@@H](O)C(=O)CCC1. The molecule has 3 rings (SSSR count). The molecule has 0 bridgehead atoms. The molecule has 2 aliphatic carbocycles. The first-order chi connectivity index (χ1) is 13.6. The molecule has 0 radical (unpaired) electrons. The van der Waals surface area contributed by atoms with E-state index >= 15 is 0 Å². The summed E-state index contributed by atoms with van der Waals surface area (Å²) >= 11 is 0. The number of aliphatic hydroxyl groups is 1. The van der Waals surface area contributed by atoms with E-state index in [1.54, 1.807) is 0 Å². The second-order valence-corrected chi connectivity index (χ2v) is 9.81. The van der Waals surface area contributed by atoms with Gasteiger partial charge in [0.15, 0.2) is 11.6 Å². The van der Waals surface area contributed by atoms with Crippen molar-refractivity contribution in [1.82, 2.24) is 5.32 Å². The van der Waals surface area contributed by atoms with Crippen LogP contribution in [-0.2, 0) is 14.4 Å². The maximum absolute atomic E-state index is 13.7. The van der Waals surface area contributed by atoms with Gasteiger partial charge in [0.25, 0.3) is 0 Å². The van der Waals surface area contributed by atoms with Gasteiger partial charge in [-0.2, -0.15) is 0 Å². The molecule has 2 N–H and O–H groups in total. The van der Waals surface area contributed by atoms with Crippen molar-refractivity contribution in [3.63, 3.8) is 0 Å². The maximum atomic E-state index is 13.7. The van der Waals surface area contributed by atoms with Crippen molar-refractivity contribution in [3.8, 4) is 0 Å². The lowest BCUT2D eigenvalue weighted by molar-refractivity contribution is -0.148. The van der Waals surface area contributed by atoms with E-state index in [0.717, 1.165) is 18.4 Å². The van der Waals surface area contributed by atoms with Crippen molar-refractivity contribution in [2.45, 2.75) is 78.9 Å². The fourth-order valence-corrected chi connectivity index (χ4v) is 5.76. The van der Waals surface area contributed by atoms with E-state index in [1.165, 1.54) is 5.57 Å². The highest BCUT2D eigenvalue weighted by Crippen LogP contribution is 2.55. The van der Waals surface area contributed by atoms with E-state index in [0.29, 0.717) is 12.3 Å². The van der Waals surface area contributed by atoms with Gasteiger partial charge in [0.1, 0.15) is 11.5 Å². The topological polar surface area (TPSA) is 83.5 Å². The molecule has 3 aliphatic rings. The molecule has 160 valence electrons. The molecule has 0 aromatic rings. The first-order valence-corrected chi connectivity index (χ1v) is 11.0. The van der Waals surface area contributed by atoms with Crippen LogP contribution in [0.1, 0.15) is 66.7 Å². The number of hydrogen-bond acceptors (Lipinski definition) is 4. The van der Waals surface area contributed by atoms with E-state index in [9.17, 15) is 19.5 Å². The van der Waals surface area contributed by atoms with Crippen molar-refractivity contribution >= 4 is 17.5 Å². The van der Waals surface area contributed by atoms with Crippen molar-refractivity contribution in [3.05, 3.63) is 23.3 Å². The Morgan fingerprint density at radius 3 is 2.52 bits per heavy atom. The number of ketones is 2. The van der Waals surface area contributed by atoms with Crippen LogP contribution in [0.25, 0.3) is 0 Å². The molecular formula is C24H35NO4. The number of carbonyl (C=O) groups excluding carboxylic acids is 3. The highest BCUT2D eigenvalue weighted by atomic mass is 16.3. The molecule has 0 aromatic carbocycles. The van der Waals surface area contributed by atoms with Gasteiger partial charge in [0.2, 0.25) is 5.91 Å². The van der Waals surface area contributed by atoms with Gasteiger partial charge in [0.05, 0.1) is 0 Å². The Labute approximate surface area is 174 Å². The number of aliphatic hydroxyl groups excluding tert-OH is 1. The lowest BCUT2D eigenvalue weighted by Gasteiger charge is -2.45. The molecule has 1 spiro atoms. The van der Waals surface area contributed by atoms with Crippen LogP contribution < -0.4 is 5.32 Å². The second-order valence-electron chi connectivity index (χ2n) is 9.81. The summed E-state index contributed by atoms with van der Waals surface area (Å²) < 4.78 is 0. The van der Waals surface area contributed by atoms with Gasteiger partial charge in [-0.15, -0.1) is 0 Å². The third-order valence-electron chi connectivity index (χ3n) is 7.27. The monoisotopic (exact) mass is 401 g/mol. The normalized spacial score (nSPS) is 38.6. The summed E-state index contributed by atoms with van der Waals surface area (Å²) in [5, 5.41) is 13.6. The van der Waals surface area contributed by atoms with Crippen LogP contribution in [0.2, 0.25) is 0 Å². The predicted molar refractivity (Wildman–Crippen MR) is 112 cm³/mol. The van der Waals surface area contributed by atoms with Gasteiger partial charge >= 0.3 is 0 Å². The molecule has 5 nitrogen and oxygen atoms in total. The molecule has 6 atom stereocenters. The zero-order valence-corrected chi connectivity index (χ0v) is 18.3. The average molecular weight is 402 g/mol. The van der Waals surface area contributed by atoms with Crippen molar-refractivity contribution in [2.75, 3.05) is 0 Å². The quantitative estimate of drug-likeness (QED) is 0.549. The summed E-state index contributed by atoms with van der Waals surface area (Å²) in [6.45, 7) is 10.4. The van der Waals surface area contributed by atoms with Gasteiger partial charge in [-0.25, -0.2) is 0 Å². The first-order valence-electron chi connectivity index (χ1n) is 11.0. The van der Waals surface area contributed by atoms with Gasteiger partial charge in [0, 0.05) is 30.7 Å². The summed E-state index contributed by atoms with van der Waals surface area (Å²) in [5.74, 6) is -0.884. The van der Waals surface area contributed by atoms with Crippen LogP contribution in [0.3, 0.4) is 0 Å². The number of Topliss-reactive ketones (excluding diaryl/α,β-unsaturated/α-hetero) is 2. The standard InChI is InChI=1S/C24H35NO4/c1-13(2)9-18-22-16(5)15(4)11-17-10-14(3)7-6-8-19(26)20(27)12-21(28)24(17,22)23(29)25-18/h10-11,13,16-18,20,22,27H,6-9,12H2,1-5H3,(H,25,29)/t16-,17-,18+,20-,22+,24-/m1/s1. The largest absolute Gasteiger partial charge is 0.385 e. The van der Waals surface area contributed by atoms with Crippen molar-refractivity contribution in [2.24, 2.45) is 29.1 Å². The zero-order chi connectivity index (χ0) is 21.5. The minimum Gasteiger partial charge on any atom is -0.385 e. The van der Waals surface area contributed by atoms with E-state index in [-0.39, 0.29) is 54.1 Å². The molecule has 0 aromatic heterocycles. The Bertz CT molecular complexity index is 765. The van der Waals surface area contributed by atoms with Gasteiger partial charge in [-0.3, -0.25) is 14.4 Å². The fraction of sp³-hybridized carbons (Fsp3) is 0.708. The Hall–Kier alpha value is -1.75. The lowest BCUT2D eigenvalue weighted by Crippen LogP contribution is -2.53. The number of hydrogen-bond donors (Lipinski definition) is 2. The predicted octanol–water partition coefficient (Wildman–Crippen LogP) is 3.37. The number of rotatable bonds is 2. The van der Waals surface area contributed by atoms with E-state index < -0.39 is 11.5 Å². The molecule has 0 saturated carbocycles. The van der Waals surface area contributed by atoms with Gasteiger partial charge in [-0.05, 0) is 44.9 Å². The molecule has 1 heterocycles. The van der Waals surface area contributed by atoms with Crippen LogP contribution in [0.5, 0.6) is 0 Å². The van der Waals surface area contributed by atoms with Crippen LogP contribution in [0.4, 0.5) is 0 Å². The first kappa shape index (κ1) is 21.9. The minimum absolute atomic E-state index is 0.0737. The molecule has 29 heavy (non-hydrogen) atoms. The third kappa shape index (κ3) is 3.74. The Kier molecular flexibility index (Phi) is 6.19. The summed E-state index contributed by atoms with van der Waals surface area (Å²) in [7, 11) is 0. The van der Waals surface area contributed by atoms with Crippen LogP contribution in [-0.4, -0.2) is 34.7 Å². The minimum atomic E-state index is -1.32. The average Bonchev–Trinajstić information content (AvgIpc) is 2.90. The van der Waals surface area contributed by atoms with Crippen molar-refractivity contribution in [1.29, 1.82) is 0 Å². The zero-order valence-electron chi connectivity index (χ0n) is 18.3. The van der Waals surface area contributed by atoms with Crippen LogP contribution in [0, 0.1) is 29.1 Å². The molecule has 1 saturated heterocycles. The van der Waals surface area contributed by atoms with E-state index in [1.807, 2.05) is 6.92 Å². The second kappa shape index (κ2) is 8.17. The number of amides is 1. The van der Waals surface area contributed by atoms with Crippen LogP contribution in [0.15, 0.2) is 23.3 Å². The Balaban J connectivity index is 2.19. The third-order valence-corrected chi connectivity index (χ3v) is 7.27. The summed E-state index contributed by atoms with van der Waals surface area (Å²) in [5.41, 5.74) is 1.04. The molecular weight excluding hydrogens is 366 g/mol. The molecule has 1 fully saturated rings. The molecule has 5 heteroatoms. The van der Waals surface area contributed by atoms with E-state index in [2.05, 4.69) is 45.2 Å². The summed E-state index contributed by atoms with van der Waals surface area (Å²) in [6.07, 6.45) is 4.98.